The molecular formula is C17H28N4O2. The predicted molar refractivity (Wildman–Crippen MR) is 93.2 cm³/mol. The third kappa shape index (κ3) is 6.28. The molecule has 0 heterocycles. The second kappa shape index (κ2) is 9.15. The van der Waals surface area contributed by atoms with E-state index < -0.39 is 6.04 Å². The first kappa shape index (κ1) is 19.0. The molecule has 1 atom stereocenters. The first-order valence-electron chi connectivity index (χ1n) is 7.86. The van der Waals surface area contributed by atoms with Crippen molar-refractivity contribution in [2.24, 2.45) is 11.7 Å². The molecule has 1 rings (SSSR count). The van der Waals surface area contributed by atoms with Crippen molar-refractivity contribution in [2.45, 2.75) is 19.9 Å². The zero-order chi connectivity index (χ0) is 17.4. The van der Waals surface area contributed by atoms with Crippen LogP contribution in [0.4, 0.5) is 5.69 Å². The molecule has 128 valence electrons. The van der Waals surface area contributed by atoms with E-state index in [1.165, 1.54) is 0 Å². The highest BCUT2D eigenvalue weighted by Crippen LogP contribution is 2.10. The van der Waals surface area contributed by atoms with Crippen molar-refractivity contribution < 1.29 is 9.59 Å². The monoisotopic (exact) mass is 320 g/mol. The molecule has 0 spiro atoms. The van der Waals surface area contributed by atoms with E-state index in [-0.39, 0.29) is 24.3 Å². The Morgan fingerprint density at radius 2 is 1.74 bits per heavy atom. The number of benzene rings is 1. The number of carbonyl (C=O) groups is 2. The average Bonchev–Trinajstić information content (AvgIpc) is 2.56. The summed E-state index contributed by atoms with van der Waals surface area (Å²) < 4.78 is 0. The lowest BCUT2D eigenvalue weighted by atomic mass is 10.1. The SMILES string of the molecule is CC(C)[C@H](N)C(=O)NCC(=O)N(C)CCN(C)c1ccccc1. The van der Waals surface area contributed by atoms with Gasteiger partial charge in [0.15, 0.2) is 0 Å². The lowest BCUT2D eigenvalue weighted by molar-refractivity contribution is -0.132. The smallest absolute Gasteiger partial charge is 0.241 e. The van der Waals surface area contributed by atoms with Gasteiger partial charge in [-0.3, -0.25) is 9.59 Å². The third-order valence-corrected chi connectivity index (χ3v) is 3.83. The van der Waals surface area contributed by atoms with E-state index in [1.54, 1.807) is 11.9 Å². The van der Waals surface area contributed by atoms with E-state index in [1.807, 2.05) is 51.2 Å². The molecule has 0 aliphatic heterocycles. The van der Waals surface area contributed by atoms with E-state index >= 15 is 0 Å². The summed E-state index contributed by atoms with van der Waals surface area (Å²) in [5.41, 5.74) is 6.84. The van der Waals surface area contributed by atoms with Crippen LogP contribution in [-0.2, 0) is 9.59 Å². The highest BCUT2D eigenvalue weighted by Gasteiger charge is 2.18. The number of anilines is 1. The molecule has 0 aliphatic carbocycles. The highest BCUT2D eigenvalue weighted by molar-refractivity contribution is 5.87. The topological polar surface area (TPSA) is 78.7 Å². The van der Waals surface area contributed by atoms with Gasteiger partial charge in [-0.1, -0.05) is 32.0 Å². The Labute approximate surface area is 138 Å². The standard InChI is InChI=1S/C17H28N4O2/c1-13(2)16(18)17(23)19-12-15(22)21(4)11-10-20(3)14-8-6-5-7-9-14/h5-9,13,16H,10-12,18H2,1-4H3,(H,19,23)/t16-/m0/s1. The second-order valence-electron chi connectivity index (χ2n) is 6.06. The van der Waals surface area contributed by atoms with E-state index in [2.05, 4.69) is 10.2 Å². The first-order chi connectivity index (χ1) is 10.8. The molecule has 0 saturated carbocycles. The Bertz CT molecular complexity index is 505. The summed E-state index contributed by atoms with van der Waals surface area (Å²) in [5, 5.41) is 2.60. The maximum Gasteiger partial charge on any atom is 0.241 e. The van der Waals surface area contributed by atoms with Gasteiger partial charge in [0.25, 0.3) is 0 Å². The van der Waals surface area contributed by atoms with E-state index in [0.717, 1.165) is 5.69 Å². The molecule has 6 nitrogen and oxygen atoms in total. The molecule has 0 fully saturated rings. The van der Waals surface area contributed by atoms with Crippen LogP contribution in [0, 0.1) is 5.92 Å². The molecule has 0 radical (unpaired) electrons. The summed E-state index contributed by atoms with van der Waals surface area (Å²) in [6.45, 7) is 5.02. The number of para-hydroxylation sites is 1. The van der Waals surface area contributed by atoms with Crippen LogP contribution in [0.15, 0.2) is 30.3 Å². The van der Waals surface area contributed by atoms with Gasteiger partial charge in [0.2, 0.25) is 11.8 Å². The molecule has 6 heteroatoms. The molecule has 0 saturated heterocycles. The van der Waals surface area contributed by atoms with Gasteiger partial charge < -0.3 is 20.9 Å². The molecule has 23 heavy (non-hydrogen) atoms. The summed E-state index contributed by atoms with van der Waals surface area (Å²) in [7, 11) is 3.72. The number of hydrogen-bond donors (Lipinski definition) is 2. The lowest BCUT2D eigenvalue weighted by Crippen LogP contribution is -2.48. The maximum atomic E-state index is 12.0. The molecule has 0 aromatic heterocycles. The summed E-state index contributed by atoms with van der Waals surface area (Å²) in [6.07, 6.45) is 0. The normalized spacial score (nSPS) is 11.9. The van der Waals surface area contributed by atoms with E-state index in [0.29, 0.717) is 13.1 Å². The molecule has 1 aromatic rings. The maximum absolute atomic E-state index is 12.0. The van der Waals surface area contributed by atoms with Gasteiger partial charge in [0.1, 0.15) is 0 Å². The van der Waals surface area contributed by atoms with Crippen LogP contribution in [0.5, 0.6) is 0 Å². The largest absolute Gasteiger partial charge is 0.373 e. The third-order valence-electron chi connectivity index (χ3n) is 3.83. The van der Waals surface area contributed by atoms with Crippen LogP contribution in [0.25, 0.3) is 0 Å². The zero-order valence-corrected chi connectivity index (χ0v) is 14.5. The van der Waals surface area contributed by atoms with Gasteiger partial charge >= 0.3 is 0 Å². The van der Waals surface area contributed by atoms with Crippen molar-refractivity contribution in [3.8, 4) is 0 Å². The predicted octanol–water partition coefficient (Wildman–Crippen LogP) is 0.681. The summed E-state index contributed by atoms with van der Waals surface area (Å²) in [5.74, 6) is -0.374. The highest BCUT2D eigenvalue weighted by atomic mass is 16.2. The van der Waals surface area contributed by atoms with Gasteiger partial charge in [0.05, 0.1) is 12.6 Å². The van der Waals surface area contributed by atoms with Crippen LogP contribution in [0.3, 0.4) is 0 Å². The Morgan fingerprint density at radius 1 is 1.13 bits per heavy atom. The minimum atomic E-state index is -0.586. The van der Waals surface area contributed by atoms with Crippen molar-refractivity contribution in [3.63, 3.8) is 0 Å². The number of nitrogens with two attached hydrogens (primary N) is 1. The summed E-state index contributed by atoms with van der Waals surface area (Å²) in [4.78, 5) is 27.5. The fourth-order valence-electron chi connectivity index (χ4n) is 1.95. The Hall–Kier alpha value is -2.08. The lowest BCUT2D eigenvalue weighted by Gasteiger charge is -2.24. The second-order valence-corrected chi connectivity index (χ2v) is 6.06. The Kier molecular flexibility index (Phi) is 7.54. The van der Waals surface area contributed by atoms with Crippen molar-refractivity contribution in [3.05, 3.63) is 30.3 Å². The van der Waals surface area contributed by atoms with Crippen molar-refractivity contribution in [1.82, 2.24) is 10.2 Å². The fraction of sp³-hybridized carbons (Fsp3) is 0.529. The molecule has 1 aromatic carbocycles. The number of nitrogens with zero attached hydrogens (tertiary/aromatic N) is 2. The molecule has 3 N–H and O–H groups in total. The van der Waals surface area contributed by atoms with Gasteiger partial charge in [-0.25, -0.2) is 0 Å². The quantitative estimate of drug-likeness (QED) is 0.738. The van der Waals surface area contributed by atoms with Crippen LogP contribution >= 0.6 is 0 Å². The Balaban J connectivity index is 2.35. The molecule has 0 aliphatic rings. The summed E-state index contributed by atoms with van der Waals surface area (Å²) >= 11 is 0. The number of nitrogens with one attached hydrogen (secondary N) is 1. The van der Waals surface area contributed by atoms with Crippen LogP contribution in [-0.4, -0.2) is 56.5 Å². The minimum absolute atomic E-state index is 0.0230. The number of likely N-dealkylation sites (N-methyl/N-ethyl adjacent to an activating group) is 2. The van der Waals surface area contributed by atoms with Crippen LogP contribution in [0.1, 0.15) is 13.8 Å². The van der Waals surface area contributed by atoms with Crippen molar-refractivity contribution in [2.75, 3.05) is 38.6 Å². The molecule has 2 amide bonds. The van der Waals surface area contributed by atoms with Crippen LogP contribution < -0.4 is 16.0 Å². The number of rotatable bonds is 8. The number of amides is 2. The minimum Gasteiger partial charge on any atom is -0.373 e. The Morgan fingerprint density at radius 3 is 2.30 bits per heavy atom. The van der Waals surface area contributed by atoms with Gasteiger partial charge in [0, 0.05) is 32.9 Å². The van der Waals surface area contributed by atoms with Gasteiger partial charge in [-0.2, -0.15) is 0 Å². The van der Waals surface area contributed by atoms with E-state index in [9.17, 15) is 9.59 Å². The van der Waals surface area contributed by atoms with Gasteiger partial charge in [-0.05, 0) is 18.1 Å². The summed E-state index contributed by atoms with van der Waals surface area (Å²) in [6, 6.07) is 9.39. The van der Waals surface area contributed by atoms with E-state index in [4.69, 9.17) is 5.73 Å². The number of hydrogen-bond acceptors (Lipinski definition) is 4. The van der Waals surface area contributed by atoms with Crippen molar-refractivity contribution >= 4 is 17.5 Å². The van der Waals surface area contributed by atoms with Crippen molar-refractivity contribution in [1.29, 1.82) is 0 Å². The molecule has 0 bridgehead atoms. The number of carbonyl (C=O) groups excluding carboxylic acids is 2. The average molecular weight is 320 g/mol. The van der Waals surface area contributed by atoms with Crippen LogP contribution in [0.2, 0.25) is 0 Å². The molecule has 0 unspecified atom stereocenters. The first-order valence-corrected chi connectivity index (χ1v) is 7.86. The van der Waals surface area contributed by atoms with Gasteiger partial charge in [-0.15, -0.1) is 0 Å². The fourth-order valence-corrected chi connectivity index (χ4v) is 1.95. The molecular weight excluding hydrogens is 292 g/mol. The zero-order valence-electron chi connectivity index (χ0n) is 14.5.